The zero-order valence-corrected chi connectivity index (χ0v) is 12.2. The van der Waals surface area contributed by atoms with Crippen LogP contribution in [0.5, 0.6) is 5.75 Å². The molecule has 1 aromatic carbocycles. The number of anilines is 1. The Morgan fingerprint density at radius 2 is 2.30 bits per heavy atom. The van der Waals surface area contributed by atoms with Gasteiger partial charge in [-0.1, -0.05) is 0 Å². The second-order valence-electron chi connectivity index (χ2n) is 5.44. The average molecular weight is 281 g/mol. The Labute approximate surface area is 120 Å². The van der Waals surface area contributed by atoms with Gasteiger partial charge in [0.25, 0.3) is 0 Å². The molecule has 20 heavy (non-hydrogen) atoms. The van der Waals surface area contributed by atoms with Crippen LogP contribution in [-0.2, 0) is 6.42 Å². The summed E-state index contributed by atoms with van der Waals surface area (Å²) in [5, 5.41) is 3.31. The van der Waals surface area contributed by atoms with Crippen molar-refractivity contribution in [3.8, 4) is 5.75 Å². The maximum atomic E-state index is 13.9. The lowest BCUT2D eigenvalue weighted by atomic mass is 10.0. The molecule has 3 N–H and O–H groups in total. The van der Waals surface area contributed by atoms with Crippen molar-refractivity contribution < 1.29 is 9.13 Å². The van der Waals surface area contributed by atoms with E-state index in [9.17, 15) is 4.39 Å². The molecule has 5 heteroatoms. The zero-order valence-electron chi connectivity index (χ0n) is 12.2. The SMILES string of the molecule is COc1ccc(N)c(CCNC2CCN(C)CC2F)c1. The number of benzene rings is 1. The lowest BCUT2D eigenvalue weighted by Crippen LogP contribution is -2.50. The van der Waals surface area contributed by atoms with Crippen molar-refractivity contribution in [1.82, 2.24) is 10.2 Å². The number of rotatable bonds is 5. The average Bonchev–Trinajstić information content (AvgIpc) is 2.43. The molecule has 0 amide bonds. The fourth-order valence-corrected chi connectivity index (χ4v) is 2.60. The number of ether oxygens (including phenoxy) is 1. The molecule has 0 aliphatic carbocycles. The topological polar surface area (TPSA) is 50.5 Å². The van der Waals surface area contributed by atoms with E-state index in [2.05, 4.69) is 5.32 Å². The molecule has 1 aliphatic heterocycles. The predicted molar refractivity (Wildman–Crippen MR) is 79.9 cm³/mol. The second kappa shape index (κ2) is 6.90. The van der Waals surface area contributed by atoms with Gasteiger partial charge in [0.2, 0.25) is 0 Å². The third kappa shape index (κ3) is 3.84. The fourth-order valence-electron chi connectivity index (χ4n) is 2.60. The number of hydrogen-bond acceptors (Lipinski definition) is 4. The van der Waals surface area contributed by atoms with E-state index in [4.69, 9.17) is 10.5 Å². The van der Waals surface area contributed by atoms with Crippen LogP contribution in [0, 0.1) is 0 Å². The summed E-state index contributed by atoms with van der Waals surface area (Å²) in [6.07, 6.45) is 0.837. The van der Waals surface area contributed by atoms with Crippen LogP contribution in [0.3, 0.4) is 0 Å². The minimum Gasteiger partial charge on any atom is -0.497 e. The minimum atomic E-state index is -0.795. The van der Waals surface area contributed by atoms with E-state index in [0.29, 0.717) is 6.54 Å². The fraction of sp³-hybridized carbons (Fsp3) is 0.600. The number of likely N-dealkylation sites (tertiary alicyclic amines) is 1. The molecular formula is C15H24FN3O. The number of piperidine rings is 1. The molecule has 2 rings (SSSR count). The Morgan fingerprint density at radius 3 is 3.00 bits per heavy atom. The van der Waals surface area contributed by atoms with Gasteiger partial charge in [0.05, 0.1) is 7.11 Å². The molecule has 1 saturated heterocycles. The summed E-state index contributed by atoms with van der Waals surface area (Å²) in [5.41, 5.74) is 7.74. The molecule has 1 aliphatic rings. The van der Waals surface area contributed by atoms with Gasteiger partial charge in [0.15, 0.2) is 0 Å². The van der Waals surface area contributed by atoms with E-state index < -0.39 is 6.17 Å². The van der Waals surface area contributed by atoms with E-state index in [0.717, 1.165) is 42.9 Å². The first-order valence-electron chi connectivity index (χ1n) is 7.08. The second-order valence-corrected chi connectivity index (χ2v) is 5.44. The molecule has 1 heterocycles. The molecule has 0 spiro atoms. The van der Waals surface area contributed by atoms with Crippen molar-refractivity contribution >= 4 is 5.69 Å². The Morgan fingerprint density at radius 1 is 1.50 bits per heavy atom. The molecule has 1 aromatic rings. The molecule has 0 saturated carbocycles. The summed E-state index contributed by atoms with van der Waals surface area (Å²) in [6.45, 7) is 2.19. The number of nitrogen functional groups attached to an aromatic ring is 1. The Hall–Kier alpha value is -1.33. The standard InChI is InChI=1S/C15H24FN3O/c1-19-8-6-15(13(16)10-19)18-7-5-11-9-12(20-2)3-4-14(11)17/h3-4,9,13,15,18H,5-8,10,17H2,1-2H3. The van der Waals surface area contributed by atoms with Crippen molar-refractivity contribution in [3.05, 3.63) is 23.8 Å². The molecule has 1 fully saturated rings. The molecular weight excluding hydrogens is 257 g/mol. The first-order valence-corrected chi connectivity index (χ1v) is 7.08. The highest BCUT2D eigenvalue weighted by molar-refractivity contribution is 5.50. The quantitative estimate of drug-likeness (QED) is 0.802. The highest BCUT2D eigenvalue weighted by Gasteiger charge is 2.26. The molecule has 112 valence electrons. The van der Waals surface area contributed by atoms with Gasteiger partial charge in [0.1, 0.15) is 11.9 Å². The van der Waals surface area contributed by atoms with E-state index in [-0.39, 0.29) is 6.04 Å². The Balaban J connectivity index is 1.83. The Bertz CT molecular complexity index is 441. The number of nitrogens with two attached hydrogens (primary N) is 1. The summed E-state index contributed by atoms with van der Waals surface area (Å²) >= 11 is 0. The summed E-state index contributed by atoms with van der Waals surface area (Å²) in [5.74, 6) is 0.803. The summed E-state index contributed by atoms with van der Waals surface area (Å²) in [6, 6.07) is 5.60. The van der Waals surface area contributed by atoms with E-state index in [1.807, 2.05) is 30.1 Å². The number of nitrogens with zero attached hydrogens (tertiary/aromatic N) is 1. The number of nitrogens with one attached hydrogen (secondary N) is 1. The smallest absolute Gasteiger partial charge is 0.128 e. The number of hydrogen-bond donors (Lipinski definition) is 2. The molecule has 2 unspecified atom stereocenters. The van der Waals surface area contributed by atoms with Gasteiger partial charge in [-0.2, -0.15) is 0 Å². The monoisotopic (exact) mass is 281 g/mol. The predicted octanol–water partition coefficient (Wildman–Crippen LogP) is 1.45. The van der Waals surface area contributed by atoms with E-state index in [1.54, 1.807) is 7.11 Å². The first kappa shape index (κ1) is 15.1. The van der Waals surface area contributed by atoms with Gasteiger partial charge in [-0.15, -0.1) is 0 Å². The van der Waals surface area contributed by atoms with Crippen molar-refractivity contribution in [2.75, 3.05) is 39.5 Å². The molecule has 0 bridgehead atoms. The van der Waals surface area contributed by atoms with Gasteiger partial charge in [-0.05, 0) is 56.7 Å². The molecule has 2 atom stereocenters. The highest BCUT2D eigenvalue weighted by atomic mass is 19.1. The van der Waals surface area contributed by atoms with Crippen LogP contribution in [-0.4, -0.2) is 50.9 Å². The van der Waals surface area contributed by atoms with Crippen molar-refractivity contribution in [1.29, 1.82) is 0 Å². The number of methoxy groups -OCH3 is 1. The summed E-state index contributed by atoms with van der Waals surface area (Å²) < 4.78 is 19.1. The van der Waals surface area contributed by atoms with Crippen LogP contribution in [0.25, 0.3) is 0 Å². The van der Waals surface area contributed by atoms with Gasteiger partial charge in [0, 0.05) is 18.3 Å². The summed E-state index contributed by atoms with van der Waals surface area (Å²) in [7, 11) is 3.60. The van der Waals surface area contributed by atoms with Crippen LogP contribution in [0.1, 0.15) is 12.0 Å². The van der Waals surface area contributed by atoms with Crippen molar-refractivity contribution in [3.63, 3.8) is 0 Å². The van der Waals surface area contributed by atoms with Crippen LogP contribution in [0.4, 0.5) is 10.1 Å². The van der Waals surface area contributed by atoms with Crippen LogP contribution in [0.2, 0.25) is 0 Å². The van der Waals surface area contributed by atoms with Crippen LogP contribution < -0.4 is 15.8 Å². The van der Waals surface area contributed by atoms with Crippen molar-refractivity contribution in [2.45, 2.75) is 25.1 Å². The largest absolute Gasteiger partial charge is 0.497 e. The van der Waals surface area contributed by atoms with E-state index >= 15 is 0 Å². The molecule has 4 nitrogen and oxygen atoms in total. The third-order valence-electron chi connectivity index (χ3n) is 3.90. The lowest BCUT2D eigenvalue weighted by Gasteiger charge is -2.32. The third-order valence-corrected chi connectivity index (χ3v) is 3.90. The van der Waals surface area contributed by atoms with Gasteiger partial charge in [-0.3, -0.25) is 0 Å². The maximum absolute atomic E-state index is 13.9. The van der Waals surface area contributed by atoms with Crippen LogP contribution >= 0.6 is 0 Å². The Kier molecular flexibility index (Phi) is 5.20. The lowest BCUT2D eigenvalue weighted by molar-refractivity contribution is 0.123. The number of halogens is 1. The van der Waals surface area contributed by atoms with Gasteiger partial charge >= 0.3 is 0 Å². The van der Waals surface area contributed by atoms with E-state index in [1.165, 1.54) is 0 Å². The zero-order chi connectivity index (χ0) is 14.5. The molecule has 0 radical (unpaired) electrons. The highest BCUT2D eigenvalue weighted by Crippen LogP contribution is 2.20. The van der Waals surface area contributed by atoms with Gasteiger partial charge in [-0.25, -0.2) is 4.39 Å². The minimum absolute atomic E-state index is 0.0435. The first-order chi connectivity index (χ1) is 9.60. The van der Waals surface area contributed by atoms with Crippen molar-refractivity contribution in [2.24, 2.45) is 0 Å². The van der Waals surface area contributed by atoms with Crippen LogP contribution in [0.15, 0.2) is 18.2 Å². The van der Waals surface area contributed by atoms with Gasteiger partial charge < -0.3 is 20.7 Å². The summed E-state index contributed by atoms with van der Waals surface area (Å²) in [4.78, 5) is 2.03. The molecule has 0 aromatic heterocycles. The normalized spacial score (nSPS) is 23.8. The maximum Gasteiger partial charge on any atom is 0.128 e. The number of alkyl halides is 1.